The highest BCUT2D eigenvalue weighted by atomic mass is 19.3. The van der Waals surface area contributed by atoms with Gasteiger partial charge in [-0.2, -0.15) is 0 Å². The predicted octanol–water partition coefficient (Wildman–Crippen LogP) is 3.24. The lowest BCUT2D eigenvalue weighted by atomic mass is 9.80. The predicted molar refractivity (Wildman–Crippen MR) is 100 cm³/mol. The molecule has 1 unspecified atom stereocenters. The Morgan fingerprint density at radius 1 is 1.29 bits per heavy atom. The van der Waals surface area contributed by atoms with E-state index in [0.29, 0.717) is 24.2 Å². The van der Waals surface area contributed by atoms with Gasteiger partial charge in [0.25, 0.3) is 5.82 Å². The molecular weight excluding hydrogens is 366 g/mol. The Morgan fingerprint density at radius 2 is 2.04 bits per heavy atom. The lowest BCUT2D eigenvalue weighted by Crippen LogP contribution is -2.38. The van der Waals surface area contributed by atoms with Crippen molar-refractivity contribution in [2.45, 2.75) is 25.2 Å². The van der Waals surface area contributed by atoms with Crippen molar-refractivity contribution in [2.24, 2.45) is 0 Å². The number of aromatic nitrogens is 3. The lowest BCUT2D eigenvalue weighted by Gasteiger charge is -2.29. The van der Waals surface area contributed by atoms with Crippen LogP contribution in [0.2, 0.25) is 0 Å². The number of anilines is 1. The third-order valence-corrected chi connectivity index (χ3v) is 5.40. The quantitative estimate of drug-likeness (QED) is 0.645. The fourth-order valence-corrected chi connectivity index (χ4v) is 3.85. The van der Waals surface area contributed by atoms with Crippen molar-refractivity contribution in [3.05, 3.63) is 59.5 Å². The van der Waals surface area contributed by atoms with E-state index < -0.39 is 17.8 Å². The Labute approximate surface area is 160 Å². The normalized spacial score (nSPS) is 19.5. The van der Waals surface area contributed by atoms with Gasteiger partial charge in [-0.1, -0.05) is 30.3 Å². The highest BCUT2D eigenvalue weighted by Gasteiger charge is 2.47. The minimum absolute atomic E-state index is 0.0321. The molecule has 3 aromatic rings. The number of alkyl halides is 2. The van der Waals surface area contributed by atoms with Crippen LogP contribution in [0.5, 0.6) is 0 Å². The summed E-state index contributed by atoms with van der Waals surface area (Å²) in [5.74, 6) is -0.651. The molecule has 8 heteroatoms. The second kappa shape index (κ2) is 6.85. The number of hydrogen-bond donors (Lipinski definition) is 0. The molecule has 6 nitrogen and oxygen atoms in total. The van der Waals surface area contributed by atoms with E-state index >= 15 is 0 Å². The molecule has 1 aliphatic rings. The summed E-state index contributed by atoms with van der Waals surface area (Å²) in [5, 5.41) is 4.16. The molecular formula is C20H20F2N4O2. The maximum Gasteiger partial charge on any atom is 0.377 e. The number of ether oxygens (including phenoxy) is 1. The SMILES string of the molecule is COC(=O)c1nc2c(C)cc(N3CCC(c4ccccc4)(C(F)F)C3)cn2n1. The first-order valence-electron chi connectivity index (χ1n) is 8.98. The average Bonchev–Trinajstić information content (AvgIpc) is 3.34. The fourth-order valence-electron chi connectivity index (χ4n) is 3.85. The number of methoxy groups -OCH3 is 1. The number of pyridine rings is 1. The molecule has 2 aromatic heterocycles. The number of carbonyl (C=O) groups excluding carboxylic acids is 1. The van der Waals surface area contributed by atoms with Gasteiger partial charge in [0.15, 0.2) is 5.65 Å². The average molecular weight is 386 g/mol. The first-order valence-corrected chi connectivity index (χ1v) is 8.98. The number of aryl methyl sites for hydroxylation is 1. The second-order valence-electron chi connectivity index (χ2n) is 7.07. The molecule has 1 atom stereocenters. The summed E-state index contributed by atoms with van der Waals surface area (Å²) < 4.78 is 34.4. The number of rotatable bonds is 4. The van der Waals surface area contributed by atoms with Crippen LogP contribution in [0.3, 0.4) is 0 Å². The number of esters is 1. The van der Waals surface area contributed by atoms with E-state index in [1.807, 2.05) is 24.0 Å². The van der Waals surface area contributed by atoms with Crippen LogP contribution >= 0.6 is 0 Å². The van der Waals surface area contributed by atoms with Crippen LogP contribution in [0.4, 0.5) is 14.5 Å². The minimum Gasteiger partial charge on any atom is -0.463 e. The van der Waals surface area contributed by atoms with Crippen molar-refractivity contribution < 1.29 is 18.3 Å². The van der Waals surface area contributed by atoms with Gasteiger partial charge >= 0.3 is 5.97 Å². The molecule has 28 heavy (non-hydrogen) atoms. The van der Waals surface area contributed by atoms with Gasteiger partial charge in [-0.15, -0.1) is 5.10 Å². The number of carbonyl (C=O) groups is 1. The van der Waals surface area contributed by atoms with E-state index in [0.717, 1.165) is 11.3 Å². The Balaban J connectivity index is 1.70. The lowest BCUT2D eigenvalue weighted by molar-refractivity contribution is 0.0586. The standard InChI is InChI=1S/C20H20F2N4O2/c1-13-10-15(11-26-17(13)23-16(24-26)18(27)28-2)25-9-8-20(12-25,19(21)22)14-6-4-3-5-7-14/h3-7,10-11,19H,8-9,12H2,1-2H3. The van der Waals surface area contributed by atoms with Crippen LogP contribution in [0.25, 0.3) is 5.65 Å². The molecule has 1 saturated heterocycles. The molecule has 0 amide bonds. The van der Waals surface area contributed by atoms with Crippen LogP contribution in [0.1, 0.15) is 28.2 Å². The summed E-state index contributed by atoms with van der Waals surface area (Å²) in [6.45, 7) is 2.56. The van der Waals surface area contributed by atoms with Crippen LogP contribution < -0.4 is 4.90 Å². The van der Waals surface area contributed by atoms with Gasteiger partial charge in [0.1, 0.15) is 0 Å². The Morgan fingerprint density at radius 3 is 2.71 bits per heavy atom. The zero-order valence-electron chi connectivity index (χ0n) is 15.6. The largest absolute Gasteiger partial charge is 0.463 e. The Hall–Kier alpha value is -3.03. The highest BCUT2D eigenvalue weighted by Crippen LogP contribution is 2.41. The van der Waals surface area contributed by atoms with Gasteiger partial charge in [-0.25, -0.2) is 23.1 Å². The van der Waals surface area contributed by atoms with E-state index in [2.05, 4.69) is 14.8 Å². The van der Waals surface area contributed by atoms with E-state index in [9.17, 15) is 13.6 Å². The summed E-state index contributed by atoms with van der Waals surface area (Å²) >= 11 is 0. The monoisotopic (exact) mass is 386 g/mol. The van der Waals surface area contributed by atoms with Gasteiger partial charge < -0.3 is 9.64 Å². The number of nitrogens with zero attached hydrogens (tertiary/aromatic N) is 4. The van der Waals surface area contributed by atoms with Crippen molar-refractivity contribution in [2.75, 3.05) is 25.1 Å². The topological polar surface area (TPSA) is 59.7 Å². The van der Waals surface area contributed by atoms with Crippen molar-refractivity contribution in [1.82, 2.24) is 14.6 Å². The van der Waals surface area contributed by atoms with Crippen molar-refractivity contribution >= 4 is 17.3 Å². The number of halogens is 2. The van der Waals surface area contributed by atoms with Crippen molar-refractivity contribution in [1.29, 1.82) is 0 Å². The zero-order chi connectivity index (χ0) is 19.9. The van der Waals surface area contributed by atoms with Gasteiger partial charge in [-0.3, -0.25) is 0 Å². The molecule has 0 spiro atoms. The van der Waals surface area contributed by atoms with E-state index in [4.69, 9.17) is 0 Å². The molecule has 1 aliphatic heterocycles. The molecule has 0 bridgehead atoms. The zero-order valence-corrected chi connectivity index (χ0v) is 15.6. The summed E-state index contributed by atoms with van der Waals surface area (Å²) in [5.41, 5.74) is 1.55. The van der Waals surface area contributed by atoms with Gasteiger partial charge in [0.2, 0.25) is 6.43 Å². The molecule has 3 heterocycles. The summed E-state index contributed by atoms with van der Waals surface area (Å²) in [6, 6.07) is 10.8. The number of fused-ring (bicyclic) bond motifs is 1. The maximum absolute atomic E-state index is 14.1. The third kappa shape index (κ3) is 2.89. The first-order chi connectivity index (χ1) is 13.4. The third-order valence-electron chi connectivity index (χ3n) is 5.40. The minimum atomic E-state index is -2.47. The number of benzene rings is 1. The second-order valence-corrected chi connectivity index (χ2v) is 7.07. The van der Waals surface area contributed by atoms with Gasteiger partial charge in [0, 0.05) is 13.1 Å². The molecule has 0 radical (unpaired) electrons. The van der Waals surface area contributed by atoms with Crippen LogP contribution in [-0.2, 0) is 10.2 Å². The summed E-state index contributed by atoms with van der Waals surface area (Å²) in [6.07, 6.45) is -0.396. The van der Waals surface area contributed by atoms with E-state index in [1.54, 1.807) is 30.5 Å². The number of hydrogen-bond acceptors (Lipinski definition) is 5. The van der Waals surface area contributed by atoms with Crippen LogP contribution in [-0.4, -0.2) is 47.2 Å². The molecule has 0 aliphatic carbocycles. The van der Waals surface area contributed by atoms with Gasteiger partial charge in [0.05, 0.1) is 24.4 Å². The summed E-state index contributed by atoms with van der Waals surface area (Å²) in [4.78, 5) is 17.8. The molecule has 1 fully saturated rings. The molecule has 4 rings (SSSR count). The van der Waals surface area contributed by atoms with Gasteiger partial charge in [-0.05, 0) is 30.5 Å². The van der Waals surface area contributed by atoms with Crippen molar-refractivity contribution in [3.63, 3.8) is 0 Å². The summed E-state index contributed by atoms with van der Waals surface area (Å²) in [7, 11) is 1.27. The van der Waals surface area contributed by atoms with Crippen LogP contribution in [0.15, 0.2) is 42.6 Å². The molecule has 146 valence electrons. The highest BCUT2D eigenvalue weighted by molar-refractivity contribution is 5.85. The Bertz CT molecular complexity index is 1020. The smallest absolute Gasteiger partial charge is 0.377 e. The first kappa shape index (κ1) is 18.3. The van der Waals surface area contributed by atoms with E-state index in [-0.39, 0.29) is 12.4 Å². The molecule has 0 N–H and O–H groups in total. The fraction of sp³-hybridized carbons (Fsp3) is 0.350. The maximum atomic E-state index is 14.1. The van der Waals surface area contributed by atoms with Crippen molar-refractivity contribution in [3.8, 4) is 0 Å². The van der Waals surface area contributed by atoms with E-state index in [1.165, 1.54) is 11.6 Å². The molecule has 0 saturated carbocycles. The molecule has 1 aromatic carbocycles. The Kier molecular flexibility index (Phi) is 4.49. The van der Waals surface area contributed by atoms with Crippen LogP contribution in [0, 0.1) is 6.92 Å².